The third-order valence-electron chi connectivity index (χ3n) is 3.40. The molecular formula is C14H13ClFN3O3. The summed E-state index contributed by atoms with van der Waals surface area (Å²) in [4.78, 5) is 18.3. The predicted molar refractivity (Wildman–Crippen MR) is 75.0 cm³/mol. The molecule has 8 heteroatoms. The van der Waals surface area contributed by atoms with Gasteiger partial charge in [-0.2, -0.15) is 4.98 Å². The molecule has 1 atom stereocenters. The van der Waals surface area contributed by atoms with E-state index in [1.807, 2.05) is 0 Å². The molecule has 0 radical (unpaired) electrons. The fourth-order valence-electron chi connectivity index (χ4n) is 2.32. The Morgan fingerprint density at radius 1 is 1.50 bits per heavy atom. The van der Waals surface area contributed by atoms with Crippen LogP contribution in [0, 0.1) is 12.7 Å². The molecular weight excluding hydrogens is 313 g/mol. The van der Waals surface area contributed by atoms with Crippen LogP contribution in [-0.2, 0) is 4.74 Å². The molecule has 0 saturated carbocycles. The maximum absolute atomic E-state index is 13.6. The number of nitrogens with zero attached hydrogens (tertiary/aromatic N) is 3. The van der Waals surface area contributed by atoms with Crippen molar-refractivity contribution in [3.05, 3.63) is 46.3 Å². The lowest BCUT2D eigenvalue weighted by Gasteiger charge is -2.33. The number of hydrogen-bond acceptors (Lipinski definition) is 5. The van der Waals surface area contributed by atoms with Crippen molar-refractivity contribution < 1.29 is 18.4 Å². The Kier molecular flexibility index (Phi) is 4.08. The number of morpholine rings is 1. The third-order valence-corrected chi connectivity index (χ3v) is 3.78. The number of carbonyl (C=O) groups is 1. The summed E-state index contributed by atoms with van der Waals surface area (Å²) in [6.45, 7) is 2.63. The average Bonchev–Trinajstić information content (AvgIpc) is 2.96. The van der Waals surface area contributed by atoms with E-state index in [0.717, 1.165) is 0 Å². The molecule has 1 aliphatic rings. The molecule has 0 N–H and O–H groups in total. The first-order chi connectivity index (χ1) is 10.6. The van der Waals surface area contributed by atoms with Gasteiger partial charge in [-0.1, -0.05) is 22.8 Å². The molecule has 2 aromatic rings. The zero-order chi connectivity index (χ0) is 15.7. The van der Waals surface area contributed by atoms with Gasteiger partial charge in [0, 0.05) is 6.54 Å². The van der Waals surface area contributed by atoms with Crippen molar-refractivity contribution in [2.24, 2.45) is 0 Å². The van der Waals surface area contributed by atoms with Crippen LogP contribution in [0.5, 0.6) is 0 Å². The van der Waals surface area contributed by atoms with Gasteiger partial charge in [0.05, 0.1) is 23.8 Å². The van der Waals surface area contributed by atoms with Gasteiger partial charge >= 0.3 is 0 Å². The fourth-order valence-corrected chi connectivity index (χ4v) is 2.53. The summed E-state index contributed by atoms with van der Waals surface area (Å²) in [6.07, 6.45) is 0. The summed E-state index contributed by atoms with van der Waals surface area (Å²) in [5.41, 5.74) is 0.102. The van der Waals surface area contributed by atoms with Gasteiger partial charge < -0.3 is 14.2 Å². The van der Waals surface area contributed by atoms with Crippen LogP contribution in [0.2, 0.25) is 5.02 Å². The zero-order valence-corrected chi connectivity index (χ0v) is 12.5. The lowest BCUT2D eigenvalue weighted by molar-refractivity contribution is -0.0119. The van der Waals surface area contributed by atoms with Gasteiger partial charge in [0.2, 0.25) is 0 Å². The maximum Gasteiger partial charge on any atom is 0.256 e. The average molecular weight is 326 g/mol. The third kappa shape index (κ3) is 2.69. The Balaban J connectivity index is 1.93. The Bertz CT molecular complexity index is 706. The van der Waals surface area contributed by atoms with Crippen molar-refractivity contribution in [3.8, 4) is 0 Å². The van der Waals surface area contributed by atoms with E-state index in [1.54, 1.807) is 6.92 Å². The number of benzene rings is 1. The minimum absolute atomic E-state index is 0.102. The number of halogens is 2. The molecule has 1 saturated heterocycles. The number of carbonyl (C=O) groups excluding carboxylic acids is 1. The largest absolute Gasteiger partial charge is 0.377 e. The standard InChI is InChI=1S/C14H13ClFN3O3/c1-8-17-13(22-18-8)11-7-21-6-5-19(11)14(20)9-3-2-4-10(16)12(9)15/h2-4,11H,5-7H2,1H3/t11-/m0/s1. The van der Waals surface area contributed by atoms with Gasteiger partial charge in [-0.3, -0.25) is 4.79 Å². The van der Waals surface area contributed by atoms with Gasteiger partial charge in [0.1, 0.15) is 11.9 Å². The number of ether oxygens (including phenoxy) is 1. The first-order valence-electron chi connectivity index (χ1n) is 6.71. The van der Waals surface area contributed by atoms with Crippen LogP contribution < -0.4 is 0 Å². The van der Waals surface area contributed by atoms with Crippen LogP contribution in [0.1, 0.15) is 28.1 Å². The molecule has 1 fully saturated rings. The first-order valence-corrected chi connectivity index (χ1v) is 7.08. The summed E-state index contributed by atoms with van der Waals surface area (Å²) in [5.74, 6) is -0.269. The Labute approximate surface area is 130 Å². The fraction of sp³-hybridized carbons (Fsp3) is 0.357. The highest BCUT2D eigenvalue weighted by Crippen LogP contribution is 2.28. The van der Waals surface area contributed by atoms with E-state index < -0.39 is 17.8 Å². The van der Waals surface area contributed by atoms with Gasteiger partial charge in [0.15, 0.2) is 5.82 Å². The van der Waals surface area contributed by atoms with E-state index in [0.29, 0.717) is 19.0 Å². The Morgan fingerprint density at radius 3 is 3.05 bits per heavy atom. The Hall–Kier alpha value is -1.99. The van der Waals surface area contributed by atoms with Crippen molar-refractivity contribution in [2.45, 2.75) is 13.0 Å². The predicted octanol–water partition coefficient (Wildman–Crippen LogP) is 2.38. The van der Waals surface area contributed by atoms with Gasteiger partial charge in [-0.05, 0) is 19.1 Å². The summed E-state index contributed by atoms with van der Waals surface area (Å²) in [6, 6.07) is 3.62. The smallest absolute Gasteiger partial charge is 0.256 e. The summed E-state index contributed by atoms with van der Waals surface area (Å²) < 4.78 is 24.1. The molecule has 1 amide bonds. The Morgan fingerprint density at radius 2 is 2.32 bits per heavy atom. The second kappa shape index (κ2) is 6.02. The first kappa shape index (κ1) is 14.9. The highest BCUT2D eigenvalue weighted by atomic mass is 35.5. The topological polar surface area (TPSA) is 68.5 Å². The van der Waals surface area contributed by atoms with Crippen molar-refractivity contribution in [3.63, 3.8) is 0 Å². The molecule has 116 valence electrons. The molecule has 3 rings (SSSR count). The molecule has 1 aromatic carbocycles. The number of hydrogen-bond donors (Lipinski definition) is 0. The summed E-state index contributed by atoms with van der Waals surface area (Å²) >= 11 is 5.90. The summed E-state index contributed by atoms with van der Waals surface area (Å²) in [5, 5.41) is 3.53. The normalized spacial score (nSPS) is 18.5. The van der Waals surface area contributed by atoms with Crippen LogP contribution in [0.25, 0.3) is 0 Å². The van der Waals surface area contributed by atoms with Crippen LogP contribution in [-0.4, -0.2) is 40.7 Å². The van der Waals surface area contributed by atoms with Crippen molar-refractivity contribution in [1.82, 2.24) is 15.0 Å². The highest BCUT2D eigenvalue weighted by Gasteiger charge is 2.34. The van der Waals surface area contributed by atoms with E-state index in [2.05, 4.69) is 10.1 Å². The molecule has 1 aromatic heterocycles. The lowest BCUT2D eigenvalue weighted by Crippen LogP contribution is -2.43. The second-order valence-corrected chi connectivity index (χ2v) is 5.25. The van der Waals surface area contributed by atoms with E-state index in [-0.39, 0.29) is 23.1 Å². The zero-order valence-electron chi connectivity index (χ0n) is 11.8. The van der Waals surface area contributed by atoms with E-state index in [4.69, 9.17) is 20.9 Å². The molecule has 0 spiro atoms. The number of aryl methyl sites for hydroxylation is 1. The summed E-state index contributed by atoms with van der Waals surface area (Å²) in [7, 11) is 0. The van der Waals surface area contributed by atoms with E-state index in [9.17, 15) is 9.18 Å². The maximum atomic E-state index is 13.6. The molecule has 0 unspecified atom stereocenters. The molecule has 0 bridgehead atoms. The molecule has 6 nitrogen and oxygen atoms in total. The van der Waals surface area contributed by atoms with E-state index >= 15 is 0 Å². The monoisotopic (exact) mass is 325 g/mol. The minimum Gasteiger partial charge on any atom is -0.377 e. The van der Waals surface area contributed by atoms with Crippen molar-refractivity contribution in [1.29, 1.82) is 0 Å². The van der Waals surface area contributed by atoms with E-state index in [1.165, 1.54) is 23.1 Å². The quantitative estimate of drug-likeness (QED) is 0.848. The van der Waals surface area contributed by atoms with Crippen LogP contribution in [0.4, 0.5) is 4.39 Å². The van der Waals surface area contributed by atoms with Crippen LogP contribution in [0.3, 0.4) is 0 Å². The second-order valence-electron chi connectivity index (χ2n) is 4.87. The van der Waals surface area contributed by atoms with Crippen molar-refractivity contribution in [2.75, 3.05) is 19.8 Å². The molecule has 2 heterocycles. The van der Waals surface area contributed by atoms with Crippen molar-refractivity contribution >= 4 is 17.5 Å². The number of rotatable bonds is 2. The number of amides is 1. The number of aromatic nitrogens is 2. The highest BCUT2D eigenvalue weighted by molar-refractivity contribution is 6.34. The van der Waals surface area contributed by atoms with Gasteiger partial charge in [-0.15, -0.1) is 0 Å². The minimum atomic E-state index is -0.633. The van der Waals surface area contributed by atoms with Gasteiger partial charge in [-0.25, -0.2) is 4.39 Å². The SMILES string of the molecule is Cc1noc([C@@H]2COCCN2C(=O)c2cccc(F)c2Cl)n1. The molecule has 1 aliphatic heterocycles. The molecule has 0 aliphatic carbocycles. The van der Waals surface area contributed by atoms with Gasteiger partial charge in [0.25, 0.3) is 11.8 Å². The van der Waals surface area contributed by atoms with Crippen LogP contribution in [0.15, 0.2) is 22.7 Å². The lowest BCUT2D eigenvalue weighted by atomic mass is 10.1. The van der Waals surface area contributed by atoms with Crippen LogP contribution >= 0.6 is 11.6 Å². The molecule has 22 heavy (non-hydrogen) atoms.